The number of aromatic nitrogens is 2. The van der Waals surface area contributed by atoms with E-state index in [9.17, 15) is 18.8 Å². The third kappa shape index (κ3) is 2.66. The van der Waals surface area contributed by atoms with Crippen LogP contribution in [0.15, 0.2) is 52.7 Å². The molecular formula is C14H12FN3O3. The molecule has 0 aliphatic rings. The highest BCUT2D eigenvalue weighted by Crippen LogP contribution is 2.05. The molecule has 0 saturated heterocycles. The summed E-state index contributed by atoms with van der Waals surface area (Å²) in [6.07, 6.45) is 2.53. The molecule has 0 spiro atoms. The van der Waals surface area contributed by atoms with Crippen molar-refractivity contribution in [2.45, 2.75) is 6.54 Å². The van der Waals surface area contributed by atoms with Crippen LogP contribution in [0.4, 0.5) is 4.39 Å². The third-order valence-electron chi connectivity index (χ3n) is 2.83. The average Bonchev–Trinajstić information content (AvgIpc) is 2.44. The second-order valence-electron chi connectivity index (χ2n) is 4.25. The number of nitrogens with zero attached hydrogens (tertiary/aromatic N) is 2. The molecule has 1 aromatic heterocycles. The molecule has 1 aromatic carbocycles. The van der Waals surface area contributed by atoms with Gasteiger partial charge in [0, 0.05) is 12.7 Å². The van der Waals surface area contributed by atoms with Crippen molar-refractivity contribution in [1.82, 2.24) is 9.13 Å². The Morgan fingerprint density at radius 1 is 1.29 bits per heavy atom. The molecule has 6 nitrogen and oxygen atoms in total. The van der Waals surface area contributed by atoms with E-state index in [-0.39, 0.29) is 17.8 Å². The number of benzene rings is 1. The van der Waals surface area contributed by atoms with Crippen molar-refractivity contribution in [2.24, 2.45) is 5.73 Å². The minimum absolute atomic E-state index is 0.0978. The summed E-state index contributed by atoms with van der Waals surface area (Å²) in [6.45, 7) is 3.59. The summed E-state index contributed by atoms with van der Waals surface area (Å²) in [5.74, 6) is -1.46. The number of hydrogen-bond donors (Lipinski definition) is 1. The van der Waals surface area contributed by atoms with Gasteiger partial charge in [-0.25, -0.2) is 13.8 Å². The quantitative estimate of drug-likeness (QED) is 0.828. The summed E-state index contributed by atoms with van der Waals surface area (Å²) in [4.78, 5) is 35.8. The van der Waals surface area contributed by atoms with E-state index < -0.39 is 23.0 Å². The van der Waals surface area contributed by atoms with E-state index in [4.69, 9.17) is 5.73 Å². The predicted octanol–water partition coefficient (Wildman–Crippen LogP) is 0.423. The first-order chi connectivity index (χ1) is 9.95. The molecule has 0 atom stereocenters. The first-order valence-electron chi connectivity index (χ1n) is 5.99. The Morgan fingerprint density at radius 3 is 2.43 bits per heavy atom. The van der Waals surface area contributed by atoms with Gasteiger partial charge >= 0.3 is 5.69 Å². The van der Waals surface area contributed by atoms with Crippen molar-refractivity contribution >= 4 is 5.91 Å². The van der Waals surface area contributed by atoms with Gasteiger partial charge in [-0.2, -0.15) is 0 Å². The van der Waals surface area contributed by atoms with Crippen LogP contribution >= 0.6 is 0 Å². The monoisotopic (exact) mass is 289 g/mol. The minimum atomic E-state index is -0.950. The summed E-state index contributed by atoms with van der Waals surface area (Å²) in [5, 5.41) is 0. The van der Waals surface area contributed by atoms with Gasteiger partial charge in [0.15, 0.2) is 0 Å². The van der Waals surface area contributed by atoms with Gasteiger partial charge < -0.3 is 5.73 Å². The van der Waals surface area contributed by atoms with Gasteiger partial charge in [0.1, 0.15) is 11.4 Å². The molecule has 1 heterocycles. The van der Waals surface area contributed by atoms with Crippen LogP contribution in [0.1, 0.15) is 10.4 Å². The molecule has 1 amide bonds. The number of nitrogens with two attached hydrogens (primary N) is 1. The molecule has 7 heteroatoms. The highest BCUT2D eigenvalue weighted by molar-refractivity contribution is 5.92. The van der Waals surface area contributed by atoms with Gasteiger partial charge in [0.05, 0.1) is 5.69 Å². The van der Waals surface area contributed by atoms with E-state index in [2.05, 4.69) is 6.58 Å². The van der Waals surface area contributed by atoms with Gasteiger partial charge in [-0.3, -0.25) is 14.2 Å². The van der Waals surface area contributed by atoms with Crippen molar-refractivity contribution in [1.29, 1.82) is 0 Å². The first-order valence-corrected chi connectivity index (χ1v) is 5.99. The molecule has 0 aliphatic heterocycles. The first kappa shape index (κ1) is 14.4. The number of primary amides is 1. The summed E-state index contributed by atoms with van der Waals surface area (Å²) >= 11 is 0. The molecule has 2 rings (SSSR count). The van der Waals surface area contributed by atoms with Crippen LogP contribution in [0.2, 0.25) is 0 Å². The zero-order valence-electron chi connectivity index (χ0n) is 11.0. The summed E-state index contributed by atoms with van der Waals surface area (Å²) in [5.41, 5.74) is 3.44. The Morgan fingerprint density at radius 2 is 1.90 bits per heavy atom. The number of rotatable bonds is 4. The van der Waals surface area contributed by atoms with Crippen LogP contribution in [-0.2, 0) is 6.54 Å². The van der Waals surface area contributed by atoms with E-state index in [0.717, 1.165) is 27.5 Å². The van der Waals surface area contributed by atoms with Gasteiger partial charge in [-0.15, -0.1) is 6.58 Å². The third-order valence-corrected chi connectivity index (χ3v) is 2.83. The van der Waals surface area contributed by atoms with E-state index in [1.807, 2.05) is 0 Å². The lowest BCUT2D eigenvalue weighted by molar-refractivity contribution is 0.0997. The number of amides is 1. The molecule has 0 bridgehead atoms. The molecular weight excluding hydrogens is 277 g/mol. The SMILES string of the molecule is C=CCn1cc(C(N)=O)c(=O)n(-c2ccc(F)cc2)c1=O. The van der Waals surface area contributed by atoms with Crippen molar-refractivity contribution in [3.05, 3.63) is 75.3 Å². The Kier molecular flexibility index (Phi) is 3.84. The molecule has 0 saturated carbocycles. The fraction of sp³-hybridized carbons (Fsp3) is 0.0714. The summed E-state index contributed by atoms with van der Waals surface area (Å²) in [7, 11) is 0. The number of hydrogen-bond acceptors (Lipinski definition) is 3. The zero-order chi connectivity index (χ0) is 15.6. The Labute approximate surface area is 118 Å². The largest absolute Gasteiger partial charge is 0.365 e. The maximum Gasteiger partial charge on any atom is 0.335 e. The fourth-order valence-corrected chi connectivity index (χ4v) is 1.86. The minimum Gasteiger partial charge on any atom is -0.365 e. The maximum absolute atomic E-state index is 13.0. The van der Waals surface area contributed by atoms with Crippen LogP contribution in [0, 0.1) is 5.82 Å². The molecule has 0 aliphatic carbocycles. The van der Waals surface area contributed by atoms with Crippen molar-refractivity contribution < 1.29 is 9.18 Å². The number of carbonyl (C=O) groups is 1. The van der Waals surface area contributed by atoms with E-state index >= 15 is 0 Å². The van der Waals surface area contributed by atoms with E-state index in [0.29, 0.717) is 0 Å². The molecule has 0 fully saturated rings. The number of halogens is 1. The molecule has 108 valence electrons. The van der Waals surface area contributed by atoms with Gasteiger partial charge in [-0.05, 0) is 24.3 Å². The molecule has 2 aromatic rings. The highest BCUT2D eigenvalue weighted by Gasteiger charge is 2.16. The molecule has 21 heavy (non-hydrogen) atoms. The van der Waals surface area contributed by atoms with Crippen molar-refractivity contribution in [3.63, 3.8) is 0 Å². The normalized spacial score (nSPS) is 10.3. The van der Waals surface area contributed by atoms with Gasteiger partial charge in [0.25, 0.3) is 11.5 Å². The second-order valence-corrected chi connectivity index (χ2v) is 4.25. The predicted molar refractivity (Wildman–Crippen MR) is 75.0 cm³/mol. The Balaban J connectivity index is 2.83. The lowest BCUT2D eigenvalue weighted by atomic mass is 10.2. The zero-order valence-corrected chi connectivity index (χ0v) is 11.0. The topological polar surface area (TPSA) is 87.1 Å². The van der Waals surface area contributed by atoms with E-state index in [1.165, 1.54) is 18.2 Å². The Bertz CT molecular complexity index is 819. The standard InChI is InChI=1S/C14H12FN3O3/c1-2-7-17-8-11(12(16)19)13(20)18(14(17)21)10-5-3-9(15)4-6-10/h2-6,8H,1,7H2,(H2,16,19). The van der Waals surface area contributed by atoms with Crippen LogP contribution in [0.5, 0.6) is 0 Å². The van der Waals surface area contributed by atoms with Gasteiger partial charge in [-0.1, -0.05) is 6.08 Å². The average molecular weight is 289 g/mol. The Hall–Kier alpha value is -2.96. The van der Waals surface area contributed by atoms with Crippen LogP contribution < -0.4 is 17.0 Å². The lowest BCUT2D eigenvalue weighted by Gasteiger charge is -2.10. The molecule has 2 N–H and O–H groups in total. The van der Waals surface area contributed by atoms with Crippen LogP contribution in [0.25, 0.3) is 5.69 Å². The molecule has 0 radical (unpaired) electrons. The second kappa shape index (κ2) is 5.58. The maximum atomic E-state index is 13.0. The lowest BCUT2D eigenvalue weighted by Crippen LogP contribution is -2.42. The number of carbonyl (C=O) groups excluding carboxylic acids is 1. The number of allylic oxidation sites excluding steroid dienone is 1. The summed E-state index contributed by atoms with van der Waals surface area (Å²) in [6, 6.07) is 4.74. The van der Waals surface area contributed by atoms with Crippen LogP contribution in [0.3, 0.4) is 0 Å². The summed E-state index contributed by atoms with van der Waals surface area (Å²) < 4.78 is 14.8. The fourth-order valence-electron chi connectivity index (χ4n) is 1.86. The van der Waals surface area contributed by atoms with E-state index in [1.54, 1.807) is 0 Å². The van der Waals surface area contributed by atoms with Crippen molar-refractivity contribution in [3.8, 4) is 5.69 Å². The van der Waals surface area contributed by atoms with Gasteiger partial charge in [0.2, 0.25) is 0 Å². The highest BCUT2D eigenvalue weighted by atomic mass is 19.1. The molecule has 0 unspecified atom stereocenters. The smallest absolute Gasteiger partial charge is 0.335 e. The van der Waals surface area contributed by atoms with Crippen LogP contribution in [-0.4, -0.2) is 15.0 Å². The van der Waals surface area contributed by atoms with Crippen molar-refractivity contribution in [2.75, 3.05) is 0 Å².